The van der Waals surface area contributed by atoms with Crippen LogP contribution in [0.3, 0.4) is 0 Å². The van der Waals surface area contributed by atoms with E-state index in [0.29, 0.717) is 18.2 Å². The summed E-state index contributed by atoms with van der Waals surface area (Å²) in [6, 6.07) is 7.07. The van der Waals surface area contributed by atoms with Gasteiger partial charge in [0.05, 0.1) is 5.92 Å². The van der Waals surface area contributed by atoms with E-state index in [1.165, 1.54) is 12.5 Å². The van der Waals surface area contributed by atoms with E-state index in [1.807, 2.05) is 0 Å². The van der Waals surface area contributed by atoms with Crippen molar-refractivity contribution in [3.63, 3.8) is 0 Å². The Balaban J connectivity index is 2.05. The lowest BCUT2D eigenvalue weighted by atomic mass is 9.91. The van der Waals surface area contributed by atoms with Gasteiger partial charge in [0.15, 0.2) is 0 Å². The van der Waals surface area contributed by atoms with E-state index in [2.05, 4.69) is 5.32 Å². The number of rotatable bonds is 5. The number of carboxylic acid groups (broad SMARTS) is 1. The molecule has 1 unspecified atom stereocenters. The molecule has 17 heavy (non-hydrogen) atoms. The van der Waals surface area contributed by atoms with Crippen molar-refractivity contribution in [3.05, 3.63) is 29.8 Å². The molecule has 3 N–H and O–H groups in total. The molecule has 1 fully saturated rings. The number of phenols is 1. The van der Waals surface area contributed by atoms with Gasteiger partial charge in [-0.1, -0.05) is 24.6 Å². The fourth-order valence-electron chi connectivity index (χ4n) is 2.01. The van der Waals surface area contributed by atoms with Crippen molar-refractivity contribution in [3.8, 4) is 5.75 Å². The van der Waals surface area contributed by atoms with E-state index >= 15 is 0 Å². The molecule has 1 saturated carbocycles. The van der Waals surface area contributed by atoms with Crippen molar-refractivity contribution >= 4 is 5.97 Å². The first-order valence-corrected chi connectivity index (χ1v) is 5.92. The zero-order valence-corrected chi connectivity index (χ0v) is 9.60. The molecule has 92 valence electrons. The predicted molar refractivity (Wildman–Crippen MR) is 64.1 cm³/mol. The minimum atomic E-state index is -0.904. The molecule has 0 bridgehead atoms. The summed E-state index contributed by atoms with van der Waals surface area (Å²) in [6.45, 7) is 0.373. The van der Waals surface area contributed by atoms with Crippen molar-refractivity contribution in [2.24, 2.45) is 0 Å². The second-order valence-electron chi connectivity index (χ2n) is 4.49. The second-order valence-corrected chi connectivity index (χ2v) is 4.49. The Morgan fingerprint density at radius 2 is 2.12 bits per heavy atom. The minimum absolute atomic E-state index is 0.0512. The van der Waals surface area contributed by atoms with Crippen LogP contribution in [-0.2, 0) is 4.79 Å². The summed E-state index contributed by atoms with van der Waals surface area (Å²) in [6.07, 6.45) is 3.45. The second kappa shape index (κ2) is 5.19. The SMILES string of the molecule is O=C(O)C(CNC1CCC1)c1ccccc1O. The molecule has 0 heterocycles. The lowest BCUT2D eigenvalue weighted by Crippen LogP contribution is -2.39. The molecule has 2 rings (SSSR count). The smallest absolute Gasteiger partial charge is 0.312 e. The Kier molecular flexibility index (Phi) is 3.64. The van der Waals surface area contributed by atoms with Gasteiger partial charge in [-0.3, -0.25) is 4.79 Å². The van der Waals surface area contributed by atoms with Gasteiger partial charge in [-0.25, -0.2) is 0 Å². The lowest BCUT2D eigenvalue weighted by Gasteiger charge is -2.28. The van der Waals surface area contributed by atoms with Gasteiger partial charge in [0.25, 0.3) is 0 Å². The molecular formula is C13H17NO3. The minimum Gasteiger partial charge on any atom is -0.508 e. The maximum absolute atomic E-state index is 11.2. The molecule has 0 saturated heterocycles. The van der Waals surface area contributed by atoms with Crippen LogP contribution in [0, 0.1) is 0 Å². The third kappa shape index (κ3) is 2.77. The molecular weight excluding hydrogens is 218 g/mol. The number of hydrogen-bond donors (Lipinski definition) is 3. The van der Waals surface area contributed by atoms with Gasteiger partial charge in [-0.15, -0.1) is 0 Å². The van der Waals surface area contributed by atoms with Crippen molar-refractivity contribution in [2.75, 3.05) is 6.54 Å². The van der Waals surface area contributed by atoms with Gasteiger partial charge >= 0.3 is 5.97 Å². The van der Waals surface area contributed by atoms with E-state index in [-0.39, 0.29) is 5.75 Å². The van der Waals surface area contributed by atoms with Crippen molar-refractivity contribution in [1.29, 1.82) is 0 Å². The van der Waals surface area contributed by atoms with Crippen LogP contribution in [0.1, 0.15) is 30.7 Å². The summed E-state index contributed by atoms with van der Waals surface area (Å²) in [7, 11) is 0. The first-order valence-electron chi connectivity index (χ1n) is 5.92. The van der Waals surface area contributed by atoms with Gasteiger partial charge in [-0.2, -0.15) is 0 Å². The topological polar surface area (TPSA) is 69.6 Å². The number of nitrogens with one attached hydrogen (secondary N) is 1. The Morgan fingerprint density at radius 3 is 2.65 bits per heavy atom. The molecule has 1 atom stereocenters. The molecule has 0 aliphatic heterocycles. The molecule has 1 aromatic rings. The van der Waals surface area contributed by atoms with Crippen LogP contribution in [0.4, 0.5) is 0 Å². The van der Waals surface area contributed by atoms with Crippen LogP contribution in [0.5, 0.6) is 5.75 Å². The average molecular weight is 235 g/mol. The van der Waals surface area contributed by atoms with E-state index in [0.717, 1.165) is 12.8 Å². The van der Waals surface area contributed by atoms with Gasteiger partial charge in [0.1, 0.15) is 5.75 Å². The zero-order chi connectivity index (χ0) is 12.3. The highest BCUT2D eigenvalue weighted by atomic mass is 16.4. The quantitative estimate of drug-likeness (QED) is 0.726. The van der Waals surface area contributed by atoms with Gasteiger partial charge in [0.2, 0.25) is 0 Å². The number of hydrogen-bond acceptors (Lipinski definition) is 3. The average Bonchev–Trinajstić information content (AvgIpc) is 2.23. The number of phenolic OH excluding ortho intramolecular Hbond substituents is 1. The summed E-state index contributed by atoms with van der Waals surface area (Å²) in [5.41, 5.74) is 0.479. The zero-order valence-electron chi connectivity index (χ0n) is 9.60. The number of carboxylic acids is 1. The summed E-state index contributed by atoms with van der Waals surface area (Å²) in [4.78, 5) is 11.2. The number of aromatic hydroxyl groups is 1. The molecule has 1 aromatic carbocycles. The van der Waals surface area contributed by atoms with E-state index in [1.54, 1.807) is 18.2 Å². The predicted octanol–water partition coefficient (Wildman–Crippen LogP) is 1.70. The van der Waals surface area contributed by atoms with Crippen molar-refractivity contribution < 1.29 is 15.0 Å². The van der Waals surface area contributed by atoms with Crippen molar-refractivity contribution in [2.45, 2.75) is 31.2 Å². The molecule has 0 radical (unpaired) electrons. The molecule has 4 nitrogen and oxygen atoms in total. The maximum atomic E-state index is 11.2. The Morgan fingerprint density at radius 1 is 1.41 bits per heavy atom. The third-order valence-electron chi connectivity index (χ3n) is 3.33. The third-order valence-corrected chi connectivity index (χ3v) is 3.33. The fourth-order valence-corrected chi connectivity index (χ4v) is 2.01. The standard InChI is InChI=1S/C13H17NO3/c15-12-7-2-1-6-10(12)11(13(16)17)8-14-9-4-3-5-9/h1-2,6-7,9,11,14-15H,3-5,8H2,(H,16,17). The molecule has 4 heteroatoms. The Hall–Kier alpha value is -1.55. The molecule has 1 aliphatic rings. The number of carbonyl (C=O) groups is 1. The highest BCUT2D eigenvalue weighted by Gasteiger charge is 2.25. The van der Waals surface area contributed by atoms with Crippen LogP contribution < -0.4 is 5.32 Å². The molecule has 0 spiro atoms. The highest BCUT2D eigenvalue weighted by Crippen LogP contribution is 2.26. The normalized spacial score (nSPS) is 17.4. The molecule has 0 aromatic heterocycles. The van der Waals surface area contributed by atoms with E-state index in [4.69, 9.17) is 0 Å². The lowest BCUT2D eigenvalue weighted by molar-refractivity contribution is -0.138. The summed E-state index contributed by atoms with van der Waals surface area (Å²) >= 11 is 0. The number of aliphatic carboxylic acids is 1. The van der Waals surface area contributed by atoms with Crippen LogP contribution in [-0.4, -0.2) is 28.8 Å². The number of benzene rings is 1. The molecule has 1 aliphatic carbocycles. The maximum Gasteiger partial charge on any atom is 0.312 e. The summed E-state index contributed by atoms with van der Waals surface area (Å²) in [5.74, 6) is -1.54. The first-order chi connectivity index (χ1) is 8.18. The van der Waals surface area contributed by atoms with Crippen LogP contribution in [0.15, 0.2) is 24.3 Å². The van der Waals surface area contributed by atoms with Crippen molar-refractivity contribution in [1.82, 2.24) is 5.32 Å². The summed E-state index contributed by atoms with van der Waals surface area (Å²) < 4.78 is 0. The highest BCUT2D eigenvalue weighted by molar-refractivity contribution is 5.77. The van der Waals surface area contributed by atoms with Gasteiger partial charge in [0, 0.05) is 18.2 Å². The Bertz CT molecular complexity index is 401. The van der Waals surface area contributed by atoms with Crippen LogP contribution in [0.25, 0.3) is 0 Å². The monoisotopic (exact) mass is 235 g/mol. The van der Waals surface area contributed by atoms with E-state index < -0.39 is 11.9 Å². The summed E-state index contributed by atoms with van der Waals surface area (Å²) in [5, 5.41) is 22.1. The van der Waals surface area contributed by atoms with Crippen LogP contribution >= 0.6 is 0 Å². The largest absolute Gasteiger partial charge is 0.508 e. The Labute approximate surface area is 100 Å². The van der Waals surface area contributed by atoms with Crippen LogP contribution in [0.2, 0.25) is 0 Å². The molecule has 0 amide bonds. The van der Waals surface area contributed by atoms with E-state index in [9.17, 15) is 15.0 Å². The number of para-hydroxylation sites is 1. The first kappa shape index (κ1) is 11.9. The van der Waals surface area contributed by atoms with Gasteiger partial charge in [-0.05, 0) is 18.9 Å². The van der Waals surface area contributed by atoms with Gasteiger partial charge < -0.3 is 15.5 Å². The fraction of sp³-hybridized carbons (Fsp3) is 0.462.